The third-order valence-corrected chi connectivity index (χ3v) is 3.53. The molecule has 0 aliphatic heterocycles. The molecule has 14 heavy (non-hydrogen) atoms. The van der Waals surface area contributed by atoms with E-state index in [9.17, 15) is 0 Å². The number of benzene rings is 1. The maximum absolute atomic E-state index is 6.26. The topological polar surface area (TPSA) is 26.0 Å². The molecule has 2 heteroatoms. The fourth-order valence-electron chi connectivity index (χ4n) is 1.90. The summed E-state index contributed by atoms with van der Waals surface area (Å²) in [5, 5.41) is 0. The van der Waals surface area contributed by atoms with Gasteiger partial charge in [0.2, 0.25) is 0 Å². The van der Waals surface area contributed by atoms with Crippen LogP contribution in [0.2, 0.25) is 0 Å². The first-order chi connectivity index (χ1) is 6.06. The number of halogens is 1. The standard InChI is InChI=1S/C12H17N.ClH/c1-11(2,12(13)8-9-12)10-6-4-3-5-7-10;/h3-7H,8-9,13H2,1-2H3;1H. The van der Waals surface area contributed by atoms with E-state index in [1.54, 1.807) is 0 Å². The van der Waals surface area contributed by atoms with Gasteiger partial charge in [0.1, 0.15) is 0 Å². The Hall–Kier alpha value is -0.530. The minimum Gasteiger partial charge on any atom is -0.324 e. The molecule has 0 saturated heterocycles. The van der Waals surface area contributed by atoms with Crippen molar-refractivity contribution < 1.29 is 0 Å². The van der Waals surface area contributed by atoms with Gasteiger partial charge in [0.15, 0.2) is 0 Å². The van der Waals surface area contributed by atoms with Crippen LogP contribution in [0.1, 0.15) is 32.3 Å². The third kappa shape index (κ3) is 1.67. The van der Waals surface area contributed by atoms with E-state index in [1.807, 2.05) is 0 Å². The number of hydrogen-bond donors (Lipinski definition) is 1. The van der Waals surface area contributed by atoms with Gasteiger partial charge in [0.05, 0.1) is 0 Å². The zero-order valence-electron chi connectivity index (χ0n) is 8.79. The van der Waals surface area contributed by atoms with Crippen molar-refractivity contribution in [2.45, 2.75) is 37.6 Å². The van der Waals surface area contributed by atoms with Crippen LogP contribution in [0.5, 0.6) is 0 Å². The van der Waals surface area contributed by atoms with Gasteiger partial charge < -0.3 is 5.73 Å². The predicted molar refractivity (Wildman–Crippen MR) is 62.9 cm³/mol. The second kappa shape index (κ2) is 3.56. The van der Waals surface area contributed by atoms with Gasteiger partial charge in [-0.2, -0.15) is 0 Å². The molecule has 1 aromatic carbocycles. The minimum absolute atomic E-state index is 0. The molecule has 0 spiro atoms. The van der Waals surface area contributed by atoms with E-state index in [0.717, 1.165) is 12.8 Å². The highest BCUT2D eigenvalue weighted by molar-refractivity contribution is 5.85. The van der Waals surface area contributed by atoms with Gasteiger partial charge in [0, 0.05) is 11.0 Å². The first-order valence-corrected chi connectivity index (χ1v) is 4.91. The van der Waals surface area contributed by atoms with E-state index in [1.165, 1.54) is 5.56 Å². The molecule has 2 rings (SSSR count). The quantitative estimate of drug-likeness (QED) is 0.800. The molecule has 1 nitrogen and oxygen atoms in total. The van der Waals surface area contributed by atoms with Crippen molar-refractivity contribution in [2.24, 2.45) is 5.73 Å². The lowest BCUT2D eigenvalue weighted by atomic mass is 9.76. The molecular formula is C12H18ClN. The number of rotatable bonds is 2. The fourth-order valence-corrected chi connectivity index (χ4v) is 1.90. The van der Waals surface area contributed by atoms with Gasteiger partial charge in [-0.05, 0) is 18.4 Å². The average Bonchev–Trinajstić information content (AvgIpc) is 2.87. The van der Waals surface area contributed by atoms with Crippen LogP contribution in [0.3, 0.4) is 0 Å². The van der Waals surface area contributed by atoms with Gasteiger partial charge in [-0.1, -0.05) is 44.2 Å². The van der Waals surface area contributed by atoms with Crippen LogP contribution in [0.4, 0.5) is 0 Å². The fraction of sp³-hybridized carbons (Fsp3) is 0.500. The van der Waals surface area contributed by atoms with Crippen LogP contribution >= 0.6 is 12.4 Å². The predicted octanol–water partition coefficient (Wildman–Crippen LogP) is 2.88. The number of nitrogens with two attached hydrogens (primary N) is 1. The van der Waals surface area contributed by atoms with Gasteiger partial charge in [-0.3, -0.25) is 0 Å². The normalized spacial score (nSPS) is 18.5. The summed E-state index contributed by atoms with van der Waals surface area (Å²) in [6, 6.07) is 10.6. The largest absolute Gasteiger partial charge is 0.324 e. The summed E-state index contributed by atoms with van der Waals surface area (Å²) >= 11 is 0. The van der Waals surface area contributed by atoms with E-state index in [-0.39, 0.29) is 23.4 Å². The monoisotopic (exact) mass is 211 g/mol. The van der Waals surface area contributed by atoms with Crippen LogP contribution < -0.4 is 5.73 Å². The highest BCUT2D eigenvalue weighted by Crippen LogP contribution is 2.48. The SMILES string of the molecule is CC(C)(c1ccccc1)C1(N)CC1.Cl. The molecular weight excluding hydrogens is 194 g/mol. The summed E-state index contributed by atoms with van der Waals surface area (Å²) in [5.74, 6) is 0. The van der Waals surface area contributed by atoms with Crippen molar-refractivity contribution in [2.75, 3.05) is 0 Å². The average molecular weight is 212 g/mol. The van der Waals surface area contributed by atoms with Crippen molar-refractivity contribution in [3.8, 4) is 0 Å². The Labute approximate surface area is 92.1 Å². The van der Waals surface area contributed by atoms with Crippen molar-refractivity contribution in [1.82, 2.24) is 0 Å². The van der Waals surface area contributed by atoms with Crippen molar-refractivity contribution in [3.63, 3.8) is 0 Å². The number of hydrogen-bond acceptors (Lipinski definition) is 1. The van der Waals surface area contributed by atoms with Crippen LogP contribution in [-0.4, -0.2) is 5.54 Å². The lowest BCUT2D eigenvalue weighted by Gasteiger charge is -2.32. The van der Waals surface area contributed by atoms with E-state index in [2.05, 4.69) is 44.2 Å². The second-order valence-electron chi connectivity index (χ2n) is 4.65. The molecule has 0 amide bonds. The third-order valence-electron chi connectivity index (χ3n) is 3.53. The molecule has 1 aliphatic carbocycles. The molecule has 0 unspecified atom stereocenters. The van der Waals surface area contributed by atoms with E-state index in [4.69, 9.17) is 5.73 Å². The van der Waals surface area contributed by atoms with Gasteiger partial charge in [-0.15, -0.1) is 12.4 Å². The smallest absolute Gasteiger partial charge is 0.0248 e. The van der Waals surface area contributed by atoms with Crippen molar-refractivity contribution in [1.29, 1.82) is 0 Å². The Balaban J connectivity index is 0.000000980. The summed E-state index contributed by atoms with van der Waals surface area (Å²) < 4.78 is 0. The van der Waals surface area contributed by atoms with Crippen molar-refractivity contribution in [3.05, 3.63) is 35.9 Å². The Kier molecular flexibility index (Phi) is 2.93. The van der Waals surface area contributed by atoms with E-state index >= 15 is 0 Å². The lowest BCUT2D eigenvalue weighted by Crippen LogP contribution is -2.43. The zero-order valence-corrected chi connectivity index (χ0v) is 9.60. The molecule has 0 aromatic heterocycles. The van der Waals surface area contributed by atoms with Gasteiger partial charge in [-0.25, -0.2) is 0 Å². The highest BCUT2D eigenvalue weighted by atomic mass is 35.5. The molecule has 1 fully saturated rings. The summed E-state index contributed by atoms with van der Waals surface area (Å²) in [5.41, 5.74) is 7.78. The Morgan fingerprint density at radius 2 is 1.64 bits per heavy atom. The van der Waals surface area contributed by atoms with Gasteiger partial charge >= 0.3 is 0 Å². The van der Waals surface area contributed by atoms with Crippen LogP contribution in [0.25, 0.3) is 0 Å². The summed E-state index contributed by atoms with van der Waals surface area (Å²) in [6.07, 6.45) is 2.32. The molecule has 1 saturated carbocycles. The Morgan fingerprint density at radius 1 is 1.14 bits per heavy atom. The van der Waals surface area contributed by atoms with Gasteiger partial charge in [0.25, 0.3) is 0 Å². The minimum atomic E-state index is 0. The first kappa shape index (κ1) is 11.5. The van der Waals surface area contributed by atoms with Crippen LogP contribution in [0, 0.1) is 0 Å². The van der Waals surface area contributed by atoms with Crippen molar-refractivity contribution >= 4 is 12.4 Å². The molecule has 78 valence electrons. The zero-order chi connectivity index (χ0) is 9.53. The highest BCUT2D eigenvalue weighted by Gasteiger charge is 2.51. The molecule has 1 aromatic rings. The van der Waals surface area contributed by atoms with Crippen LogP contribution in [0.15, 0.2) is 30.3 Å². The molecule has 0 radical (unpaired) electrons. The molecule has 0 heterocycles. The second-order valence-corrected chi connectivity index (χ2v) is 4.65. The molecule has 2 N–H and O–H groups in total. The molecule has 0 bridgehead atoms. The lowest BCUT2D eigenvalue weighted by molar-refractivity contribution is 0.391. The van der Waals surface area contributed by atoms with Crippen LogP contribution in [-0.2, 0) is 5.41 Å². The maximum atomic E-state index is 6.26. The Morgan fingerprint density at radius 3 is 2.07 bits per heavy atom. The summed E-state index contributed by atoms with van der Waals surface area (Å²) in [6.45, 7) is 4.49. The molecule has 1 aliphatic rings. The Bertz CT molecular complexity index is 301. The van der Waals surface area contributed by atoms with E-state index < -0.39 is 0 Å². The first-order valence-electron chi connectivity index (χ1n) is 4.91. The summed E-state index contributed by atoms with van der Waals surface area (Å²) in [4.78, 5) is 0. The molecule has 0 atom stereocenters. The van der Waals surface area contributed by atoms with E-state index in [0.29, 0.717) is 0 Å². The summed E-state index contributed by atoms with van der Waals surface area (Å²) in [7, 11) is 0. The maximum Gasteiger partial charge on any atom is 0.0248 e.